The minimum absolute atomic E-state index is 0.0882. The van der Waals surface area contributed by atoms with Crippen molar-refractivity contribution in [3.8, 4) is 17.6 Å². The Kier molecular flexibility index (Phi) is 8.63. The van der Waals surface area contributed by atoms with Gasteiger partial charge in [-0.15, -0.1) is 0 Å². The minimum Gasteiger partial charge on any atom is -0.493 e. The Labute approximate surface area is 204 Å². The molecule has 35 heavy (non-hydrogen) atoms. The molecule has 0 fully saturated rings. The first-order chi connectivity index (χ1) is 16.9. The van der Waals surface area contributed by atoms with Gasteiger partial charge in [-0.3, -0.25) is 4.79 Å². The molecule has 178 valence electrons. The van der Waals surface area contributed by atoms with Crippen molar-refractivity contribution in [3.05, 3.63) is 95.0 Å². The van der Waals surface area contributed by atoms with Gasteiger partial charge in [0.05, 0.1) is 19.9 Å². The molecule has 7 heteroatoms. The van der Waals surface area contributed by atoms with Crippen LogP contribution in [0.1, 0.15) is 42.2 Å². The normalized spacial score (nSPS) is 11.3. The second-order valence-electron chi connectivity index (χ2n) is 7.92. The SMILES string of the molecule is COc1cc(/C=C(\C#N)C(=O)NCc2ccco2)ccc1OC(=O)/C=C/c1ccc(C(C)C)cc1. The zero-order chi connectivity index (χ0) is 25.2. The predicted octanol–water partition coefficient (Wildman–Crippen LogP) is 5.25. The Morgan fingerprint density at radius 2 is 1.83 bits per heavy atom. The number of ether oxygens (including phenoxy) is 2. The molecule has 1 amide bonds. The first-order valence-electron chi connectivity index (χ1n) is 11.0. The molecule has 1 heterocycles. The van der Waals surface area contributed by atoms with E-state index >= 15 is 0 Å². The summed E-state index contributed by atoms with van der Waals surface area (Å²) in [5.74, 6) is 0.415. The summed E-state index contributed by atoms with van der Waals surface area (Å²) in [5, 5.41) is 12.0. The van der Waals surface area contributed by atoms with Crippen LogP contribution in [0.3, 0.4) is 0 Å². The number of amides is 1. The fraction of sp³-hybridized carbons (Fsp3) is 0.179. The number of hydrogen-bond donors (Lipinski definition) is 1. The van der Waals surface area contributed by atoms with E-state index in [-0.39, 0.29) is 23.6 Å². The number of esters is 1. The standard InChI is InChI=1S/C28H26N2O5/c1-19(2)22-10-6-20(7-11-22)9-13-27(31)35-25-12-8-21(16-26(25)33-3)15-23(17-29)28(32)30-18-24-5-4-14-34-24/h4-16,19H,18H2,1-3H3,(H,30,32)/b13-9+,23-15+. The molecule has 7 nitrogen and oxygen atoms in total. The Morgan fingerprint density at radius 3 is 2.46 bits per heavy atom. The number of furan rings is 1. The second-order valence-corrected chi connectivity index (χ2v) is 7.92. The number of nitrogens with one attached hydrogen (secondary N) is 1. The number of hydrogen-bond acceptors (Lipinski definition) is 6. The highest BCUT2D eigenvalue weighted by atomic mass is 16.6. The van der Waals surface area contributed by atoms with Gasteiger partial charge in [0.2, 0.25) is 0 Å². The second kappa shape index (κ2) is 12.1. The lowest BCUT2D eigenvalue weighted by Gasteiger charge is -2.09. The molecule has 1 N–H and O–H groups in total. The molecule has 0 saturated carbocycles. The molecule has 3 rings (SSSR count). The molecular formula is C28H26N2O5. The van der Waals surface area contributed by atoms with Crippen molar-refractivity contribution < 1.29 is 23.5 Å². The van der Waals surface area contributed by atoms with E-state index in [2.05, 4.69) is 19.2 Å². The summed E-state index contributed by atoms with van der Waals surface area (Å²) in [4.78, 5) is 24.6. The molecule has 0 atom stereocenters. The molecule has 2 aromatic carbocycles. The Bertz CT molecular complexity index is 1260. The highest BCUT2D eigenvalue weighted by Gasteiger charge is 2.12. The van der Waals surface area contributed by atoms with Crippen LogP contribution in [0.4, 0.5) is 0 Å². The monoisotopic (exact) mass is 470 g/mol. The van der Waals surface area contributed by atoms with E-state index in [1.54, 1.807) is 36.4 Å². The van der Waals surface area contributed by atoms with Gasteiger partial charge in [0, 0.05) is 6.08 Å². The molecule has 0 aliphatic rings. The summed E-state index contributed by atoms with van der Waals surface area (Å²) in [6.45, 7) is 4.41. The van der Waals surface area contributed by atoms with Crippen LogP contribution in [0.25, 0.3) is 12.2 Å². The van der Waals surface area contributed by atoms with Gasteiger partial charge in [-0.1, -0.05) is 44.2 Å². The van der Waals surface area contributed by atoms with E-state index in [4.69, 9.17) is 13.9 Å². The van der Waals surface area contributed by atoms with Gasteiger partial charge < -0.3 is 19.2 Å². The molecular weight excluding hydrogens is 444 g/mol. The predicted molar refractivity (Wildman–Crippen MR) is 132 cm³/mol. The van der Waals surface area contributed by atoms with Gasteiger partial charge in [-0.05, 0) is 59.0 Å². The number of carbonyl (C=O) groups is 2. The average molecular weight is 471 g/mol. The van der Waals surface area contributed by atoms with Gasteiger partial charge >= 0.3 is 5.97 Å². The van der Waals surface area contributed by atoms with Gasteiger partial charge in [0.1, 0.15) is 17.4 Å². The first-order valence-corrected chi connectivity index (χ1v) is 11.0. The van der Waals surface area contributed by atoms with Crippen LogP contribution in [0, 0.1) is 11.3 Å². The molecule has 0 saturated heterocycles. The topological polar surface area (TPSA) is 102 Å². The molecule has 0 unspecified atom stereocenters. The molecule has 0 radical (unpaired) electrons. The molecule has 0 spiro atoms. The fourth-order valence-electron chi connectivity index (χ4n) is 3.15. The van der Waals surface area contributed by atoms with Crippen LogP contribution in [0.2, 0.25) is 0 Å². The van der Waals surface area contributed by atoms with E-state index in [0.717, 1.165) is 5.56 Å². The largest absolute Gasteiger partial charge is 0.493 e. The molecule has 3 aromatic rings. The van der Waals surface area contributed by atoms with Crippen molar-refractivity contribution in [1.29, 1.82) is 5.26 Å². The summed E-state index contributed by atoms with van der Waals surface area (Å²) < 4.78 is 15.9. The highest BCUT2D eigenvalue weighted by molar-refractivity contribution is 6.01. The van der Waals surface area contributed by atoms with Crippen LogP contribution in [0.15, 0.2) is 76.9 Å². The third-order valence-electron chi connectivity index (χ3n) is 5.09. The number of nitriles is 1. The quantitative estimate of drug-likeness (QED) is 0.198. The lowest BCUT2D eigenvalue weighted by Crippen LogP contribution is -2.23. The number of nitrogens with zero attached hydrogens (tertiary/aromatic N) is 1. The maximum absolute atomic E-state index is 12.3. The maximum atomic E-state index is 12.3. The van der Waals surface area contributed by atoms with E-state index in [1.165, 1.54) is 31.1 Å². The fourth-order valence-corrected chi connectivity index (χ4v) is 3.15. The van der Waals surface area contributed by atoms with Crippen molar-refractivity contribution in [2.75, 3.05) is 7.11 Å². The van der Waals surface area contributed by atoms with Crippen LogP contribution in [-0.4, -0.2) is 19.0 Å². The van der Waals surface area contributed by atoms with Crippen LogP contribution < -0.4 is 14.8 Å². The van der Waals surface area contributed by atoms with E-state index in [9.17, 15) is 14.9 Å². The lowest BCUT2D eigenvalue weighted by atomic mass is 10.0. The zero-order valence-electron chi connectivity index (χ0n) is 19.8. The van der Waals surface area contributed by atoms with Crippen molar-refractivity contribution in [3.63, 3.8) is 0 Å². The summed E-state index contributed by atoms with van der Waals surface area (Å²) in [7, 11) is 1.44. The van der Waals surface area contributed by atoms with Gasteiger partial charge in [0.15, 0.2) is 11.5 Å². The Hall–Kier alpha value is -4.57. The summed E-state index contributed by atoms with van der Waals surface area (Å²) >= 11 is 0. The summed E-state index contributed by atoms with van der Waals surface area (Å²) in [6.07, 6.45) is 5.95. The van der Waals surface area contributed by atoms with Crippen molar-refractivity contribution in [1.82, 2.24) is 5.32 Å². The Balaban J connectivity index is 1.67. The number of benzene rings is 2. The third-order valence-corrected chi connectivity index (χ3v) is 5.09. The van der Waals surface area contributed by atoms with Crippen molar-refractivity contribution in [2.24, 2.45) is 0 Å². The Morgan fingerprint density at radius 1 is 1.09 bits per heavy atom. The van der Waals surface area contributed by atoms with Gasteiger partial charge in [0.25, 0.3) is 5.91 Å². The van der Waals surface area contributed by atoms with Crippen molar-refractivity contribution in [2.45, 2.75) is 26.3 Å². The third kappa shape index (κ3) is 7.21. The smallest absolute Gasteiger partial charge is 0.336 e. The minimum atomic E-state index is -0.561. The van der Waals surface area contributed by atoms with Crippen molar-refractivity contribution >= 4 is 24.0 Å². The van der Waals surface area contributed by atoms with E-state index in [0.29, 0.717) is 17.2 Å². The van der Waals surface area contributed by atoms with Gasteiger partial charge in [-0.25, -0.2) is 4.79 Å². The molecule has 0 aliphatic heterocycles. The highest BCUT2D eigenvalue weighted by Crippen LogP contribution is 2.29. The molecule has 1 aromatic heterocycles. The van der Waals surface area contributed by atoms with Crippen LogP contribution >= 0.6 is 0 Å². The maximum Gasteiger partial charge on any atom is 0.336 e. The lowest BCUT2D eigenvalue weighted by molar-refractivity contribution is -0.129. The van der Waals surface area contributed by atoms with Crippen LogP contribution in [-0.2, 0) is 16.1 Å². The number of carbonyl (C=O) groups excluding carboxylic acids is 2. The molecule has 0 aliphatic carbocycles. The zero-order valence-corrected chi connectivity index (χ0v) is 19.8. The van der Waals surface area contributed by atoms with E-state index < -0.39 is 11.9 Å². The number of rotatable bonds is 9. The first kappa shape index (κ1) is 25.1. The summed E-state index contributed by atoms with van der Waals surface area (Å²) in [6, 6.07) is 18.0. The average Bonchev–Trinajstić information content (AvgIpc) is 3.39. The summed E-state index contributed by atoms with van der Waals surface area (Å²) in [5.41, 5.74) is 2.55. The number of methoxy groups -OCH3 is 1. The van der Waals surface area contributed by atoms with Crippen LogP contribution in [0.5, 0.6) is 11.5 Å². The molecule has 0 bridgehead atoms. The van der Waals surface area contributed by atoms with E-state index in [1.807, 2.05) is 30.3 Å². The van der Waals surface area contributed by atoms with Gasteiger partial charge in [-0.2, -0.15) is 5.26 Å².